The predicted molar refractivity (Wildman–Crippen MR) is 141 cm³/mol. The number of methoxy groups -OCH3 is 2. The van der Waals surface area contributed by atoms with Gasteiger partial charge in [-0.2, -0.15) is 0 Å². The first-order chi connectivity index (χ1) is 16.5. The van der Waals surface area contributed by atoms with E-state index in [9.17, 15) is 4.79 Å². The van der Waals surface area contributed by atoms with E-state index < -0.39 is 0 Å². The molecule has 0 bridgehead atoms. The Balaban J connectivity index is 1.80. The summed E-state index contributed by atoms with van der Waals surface area (Å²) in [4.78, 5) is 19.9. The topological polar surface area (TPSA) is 54.0 Å². The number of anilines is 1. The standard InChI is InChI=1S/C26H33N3O3S2/c1-6-28-11-13-29(14-12-28)24(20-10-9-19(31-4)16-21(20)32-5)23-17(2)18(3)34-26(23)27-25(30)22-8-7-15-33-22/h7-10,15-16,24H,6,11-14H2,1-5H3,(H,27,30)/t24-/m1/s1. The van der Waals surface area contributed by atoms with Gasteiger partial charge in [-0.1, -0.05) is 13.0 Å². The zero-order valence-corrected chi connectivity index (χ0v) is 22.1. The Morgan fingerprint density at radius 2 is 1.88 bits per heavy atom. The van der Waals surface area contributed by atoms with Gasteiger partial charge in [0.1, 0.15) is 16.5 Å². The van der Waals surface area contributed by atoms with Crippen LogP contribution in [0.2, 0.25) is 0 Å². The molecule has 34 heavy (non-hydrogen) atoms. The molecular formula is C26H33N3O3S2. The van der Waals surface area contributed by atoms with E-state index in [0.29, 0.717) is 4.88 Å². The van der Waals surface area contributed by atoms with E-state index in [0.717, 1.165) is 60.4 Å². The molecule has 1 aliphatic rings. The average molecular weight is 500 g/mol. The Bertz CT molecular complexity index is 1120. The minimum Gasteiger partial charge on any atom is -0.497 e. The molecular weight excluding hydrogens is 466 g/mol. The van der Waals surface area contributed by atoms with Crippen molar-refractivity contribution in [2.45, 2.75) is 26.8 Å². The fourth-order valence-electron chi connectivity index (χ4n) is 4.56. The molecule has 1 atom stereocenters. The number of carbonyl (C=O) groups is 1. The largest absolute Gasteiger partial charge is 0.497 e. The SMILES string of the molecule is CCN1CCN([C@H](c2ccc(OC)cc2OC)c2c(NC(=O)c3cccs3)sc(C)c2C)CC1. The lowest BCUT2D eigenvalue weighted by Gasteiger charge is -2.40. The van der Waals surface area contributed by atoms with Crippen LogP contribution in [0.4, 0.5) is 5.00 Å². The lowest BCUT2D eigenvalue weighted by molar-refractivity contribution is 0.102. The van der Waals surface area contributed by atoms with E-state index >= 15 is 0 Å². The van der Waals surface area contributed by atoms with Gasteiger partial charge in [0.2, 0.25) is 0 Å². The Hall–Kier alpha value is -2.39. The smallest absolute Gasteiger partial charge is 0.266 e. The first kappa shape index (κ1) is 24.7. The fourth-order valence-corrected chi connectivity index (χ4v) is 6.26. The van der Waals surface area contributed by atoms with Gasteiger partial charge in [0.25, 0.3) is 5.91 Å². The third kappa shape index (κ3) is 5.00. The van der Waals surface area contributed by atoms with E-state index in [1.54, 1.807) is 25.6 Å². The number of hydrogen-bond acceptors (Lipinski definition) is 7. The highest BCUT2D eigenvalue weighted by atomic mass is 32.1. The number of carbonyl (C=O) groups excluding carboxylic acids is 1. The van der Waals surface area contributed by atoms with Gasteiger partial charge in [-0.25, -0.2) is 0 Å². The Labute approximate surface area is 210 Å². The third-order valence-corrected chi connectivity index (χ3v) is 8.64. The van der Waals surface area contributed by atoms with Crippen LogP contribution >= 0.6 is 22.7 Å². The highest BCUT2D eigenvalue weighted by Crippen LogP contribution is 2.45. The van der Waals surface area contributed by atoms with Gasteiger partial charge >= 0.3 is 0 Å². The predicted octanol–water partition coefficient (Wildman–Crippen LogP) is 5.42. The van der Waals surface area contributed by atoms with Gasteiger partial charge < -0.3 is 19.7 Å². The number of ether oxygens (including phenoxy) is 2. The number of nitrogens with one attached hydrogen (secondary N) is 1. The molecule has 1 N–H and O–H groups in total. The van der Waals surface area contributed by atoms with Crippen molar-refractivity contribution in [2.24, 2.45) is 0 Å². The molecule has 2 aromatic heterocycles. The number of rotatable bonds is 8. The first-order valence-electron chi connectivity index (χ1n) is 11.6. The molecule has 0 aliphatic carbocycles. The maximum absolute atomic E-state index is 13.0. The lowest BCUT2D eigenvalue weighted by Crippen LogP contribution is -2.47. The molecule has 1 fully saturated rings. The quantitative estimate of drug-likeness (QED) is 0.448. The lowest BCUT2D eigenvalue weighted by atomic mass is 9.93. The van der Waals surface area contributed by atoms with Crippen LogP contribution < -0.4 is 14.8 Å². The molecule has 0 unspecified atom stereocenters. The number of benzene rings is 1. The summed E-state index contributed by atoms with van der Waals surface area (Å²) in [6.45, 7) is 11.5. The number of nitrogens with zero attached hydrogens (tertiary/aromatic N) is 2. The van der Waals surface area contributed by atoms with Gasteiger partial charge in [-0.3, -0.25) is 9.69 Å². The van der Waals surface area contributed by atoms with Crippen molar-refractivity contribution >= 4 is 33.6 Å². The number of aryl methyl sites for hydroxylation is 1. The molecule has 182 valence electrons. The zero-order valence-electron chi connectivity index (χ0n) is 20.5. The highest BCUT2D eigenvalue weighted by molar-refractivity contribution is 7.17. The maximum atomic E-state index is 13.0. The number of hydrogen-bond donors (Lipinski definition) is 1. The van der Waals surface area contributed by atoms with Gasteiger partial charge in [0.05, 0.1) is 25.1 Å². The van der Waals surface area contributed by atoms with Crippen molar-refractivity contribution < 1.29 is 14.3 Å². The summed E-state index contributed by atoms with van der Waals surface area (Å²) in [6.07, 6.45) is 0. The van der Waals surface area contributed by atoms with Crippen LogP contribution in [0.25, 0.3) is 0 Å². The van der Waals surface area contributed by atoms with Gasteiger partial charge in [0.15, 0.2) is 0 Å². The molecule has 6 nitrogen and oxygen atoms in total. The molecule has 3 aromatic rings. The van der Waals surface area contributed by atoms with E-state index in [4.69, 9.17) is 9.47 Å². The van der Waals surface area contributed by atoms with Crippen molar-refractivity contribution in [3.63, 3.8) is 0 Å². The van der Waals surface area contributed by atoms with Crippen LogP contribution in [0.1, 0.15) is 44.2 Å². The van der Waals surface area contributed by atoms with Crippen molar-refractivity contribution in [1.29, 1.82) is 0 Å². The van der Waals surface area contributed by atoms with Crippen LogP contribution in [0, 0.1) is 13.8 Å². The molecule has 8 heteroatoms. The first-order valence-corrected chi connectivity index (χ1v) is 13.3. The summed E-state index contributed by atoms with van der Waals surface area (Å²) in [5.74, 6) is 1.49. The van der Waals surface area contributed by atoms with Crippen molar-refractivity contribution in [3.8, 4) is 11.5 Å². The molecule has 1 amide bonds. The van der Waals surface area contributed by atoms with Crippen molar-refractivity contribution in [1.82, 2.24) is 9.80 Å². The van der Waals surface area contributed by atoms with Crippen LogP contribution in [0.5, 0.6) is 11.5 Å². The molecule has 0 spiro atoms. The van der Waals surface area contributed by atoms with Crippen LogP contribution in [0.15, 0.2) is 35.7 Å². The zero-order chi connectivity index (χ0) is 24.2. The maximum Gasteiger partial charge on any atom is 0.266 e. The molecule has 0 radical (unpaired) electrons. The van der Waals surface area contributed by atoms with Crippen LogP contribution in [-0.4, -0.2) is 62.7 Å². The summed E-state index contributed by atoms with van der Waals surface area (Å²) in [7, 11) is 3.37. The molecule has 4 rings (SSSR count). The monoisotopic (exact) mass is 499 g/mol. The molecule has 1 aliphatic heterocycles. The normalized spacial score (nSPS) is 15.8. The minimum atomic E-state index is -0.0613. The number of thiophene rings is 2. The molecule has 1 aromatic carbocycles. The second kappa shape index (κ2) is 10.9. The van der Waals surface area contributed by atoms with E-state index in [2.05, 4.69) is 42.0 Å². The number of amides is 1. The summed E-state index contributed by atoms with van der Waals surface area (Å²) < 4.78 is 11.3. The average Bonchev–Trinajstić information content (AvgIpc) is 3.49. The molecule has 3 heterocycles. The third-order valence-electron chi connectivity index (χ3n) is 6.63. The summed E-state index contributed by atoms with van der Waals surface area (Å²) >= 11 is 3.11. The minimum absolute atomic E-state index is 0.0385. The Morgan fingerprint density at radius 3 is 2.50 bits per heavy atom. The van der Waals surface area contributed by atoms with Gasteiger partial charge in [-0.15, -0.1) is 22.7 Å². The second-order valence-corrected chi connectivity index (χ2v) is 10.6. The molecule has 0 saturated carbocycles. The Morgan fingerprint density at radius 1 is 1.12 bits per heavy atom. The van der Waals surface area contributed by atoms with E-state index in [1.165, 1.54) is 21.8 Å². The number of piperazine rings is 1. The van der Waals surface area contributed by atoms with Crippen LogP contribution in [0.3, 0.4) is 0 Å². The fraction of sp³-hybridized carbons (Fsp3) is 0.423. The van der Waals surface area contributed by atoms with Crippen molar-refractivity contribution in [3.05, 3.63) is 62.2 Å². The van der Waals surface area contributed by atoms with Gasteiger partial charge in [0, 0.05) is 48.2 Å². The van der Waals surface area contributed by atoms with E-state index in [-0.39, 0.29) is 11.9 Å². The molecule has 1 saturated heterocycles. The number of likely N-dealkylation sites (N-methyl/N-ethyl adjacent to an activating group) is 1. The Kier molecular flexibility index (Phi) is 7.93. The second-order valence-electron chi connectivity index (χ2n) is 8.44. The van der Waals surface area contributed by atoms with Crippen molar-refractivity contribution in [2.75, 3.05) is 52.3 Å². The summed E-state index contributed by atoms with van der Waals surface area (Å²) in [6, 6.07) is 9.77. The summed E-state index contributed by atoms with van der Waals surface area (Å²) in [5.41, 5.74) is 3.45. The van der Waals surface area contributed by atoms with E-state index in [1.807, 2.05) is 29.6 Å². The van der Waals surface area contributed by atoms with Crippen LogP contribution in [-0.2, 0) is 0 Å². The highest BCUT2D eigenvalue weighted by Gasteiger charge is 2.33. The summed E-state index contributed by atoms with van der Waals surface area (Å²) in [5, 5.41) is 6.07. The van der Waals surface area contributed by atoms with Gasteiger partial charge in [-0.05, 0) is 49.5 Å².